The number of ether oxygens (including phenoxy) is 1. The molecule has 0 aliphatic carbocycles. The molecular formula is C7H10N2O3S. The Balaban J connectivity index is 2.42. The Morgan fingerprint density at radius 2 is 2.31 bits per heavy atom. The molecule has 1 aliphatic rings. The summed E-state index contributed by atoms with van der Waals surface area (Å²) in [4.78, 5) is 25.6. The van der Waals surface area contributed by atoms with Crippen LogP contribution in [0.15, 0.2) is 4.99 Å². The highest BCUT2D eigenvalue weighted by Crippen LogP contribution is 2.22. The van der Waals surface area contributed by atoms with Gasteiger partial charge in [0.1, 0.15) is 5.25 Å². The Hall–Kier alpha value is -1.04. The lowest BCUT2D eigenvalue weighted by molar-refractivity contribution is -0.138. The summed E-state index contributed by atoms with van der Waals surface area (Å²) in [6.07, 6.45) is 1.48. The van der Waals surface area contributed by atoms with Gasteiger partial charge in [-0.1, -0.05) is 11.8 Å². The summed E-state index contributed by atoms with van der Waals surface area (Å²) in [5.41, 5.74) is -0.360. The molecule has 1 heterocycles. The summed E-state index contributed by atoms with van der Waals surface area (Å²) in [5, 5.41) is 2.17. The number of aliphatic imine (C=N–C) groups is 1. The van der Waals surface area contributed by atoms with Crippen LogP contribution in [0.1, 0.15) is 6.92 Å². The van der Waals surface area contributed by atoms with Gasteiger partial charge < -0.3 is 10.1 Å². The van der Waals surface area contributed by atoms with Crippen molar-refractivity contribution >= 4 is 29.9 Å². The van der Waals surface area contributed by atoms with Crippen molar-refractivity contribution < 1.29 is 14.3 Å². The smallest absolute Gasteiger partial charge is 0.324 e. The first kappa shape index (κ1) is 10.0. The standard InChI is InChI=1S/C7H10N2O3S/c1-4(10)9-7-8-3-5(13-7)6(11)12-2/h3,5,7H,1-2H3,(H,9,10). The molecule has 2 atom stereocenters. The van der Waals surface area contributed by atoms with Crippen molar-refractivity contribution in [1.82, 2.24) is 5.32 Å². The maximum atomic E-state index is 11.0. The van der Waals surface area contributed by atoms with Gasteiger partial charge in [-0.25, -0.2) is 0 Å². The molecule has 0 bridgehead atoms. The van der Waals surface area contributed by atoms with Crippen molar-refractivity contribution in [3.63, 3.8) is 0 Å². The molecular weight excluding hydrogens is 192 g/mol. The number of methoxy groups -OCH3 is 1. The maximum Gasteiger partial charge on any atom is 0.324 e. The van der Waals surface area contributed by atoms with Crippen LogP contribution in [0.3, 0.4) is 0 Å². The lowest BCUT2D eigenvalue weighted by Crippen LogP contribution is -2.28. The van der Waals surface area contributed by atoms with Crippen LogP contribution in [0.4, 0.5) is 0 Å². The highest BCUT2D eigenvalue weighted by Gasteiger charge is 2.27. The van der Waals surface area contributed by atoms with Gasteiger partial charge in [0, 0.05) is 13.1 Å². The van der Waals surface area contributed by atoms with E-state index in [4.69, 9.17) is 0 Å². The number of nitrogens with zero attached hydrogens (tertiary/aromatic N) is 1. The molecule has 2 unspecified atom stereocenters. The minimum atomic E-state index is -0.401. The van der Waals surface area contributed by atoms with Crippen LogP contribution < -0.4 is 5.32 Å². The first-order valence-corrected chi connectivity index (χ1v) is 4.61. The molecule has 0 saturated carbocycles. The number of hydrogen-bond acceptors (Lipinski definition) is 5. The fourth-order valence-corrected chi connectivity index (χ4v) is 1.84. The molecule has 13 heavy (non-hydrogen) atoms. The van der Waals surface area contributed by atoms with Gasteiger partial charge in [0.05, 0.1) is 7.11 Å². The average Bonchev–Trinajstić information content (AvgIpc) is 2.50. The summed E-state index contributed by atoms with van der Waals surface area (Å²) in [6, 6.07) is 0. The third-order valence-electron chi connectivity index (χ3n) is 1.39. The highest BCUT2D eigenvalue weighted by atomic mass is 32.2. The predicted molar refractivity (Wildman–Crippen MR) is 49.5 cm³/mol. The first-order chi connectivity index (χ1) is 6.13. The second-order valence-corrected chi connectivity index (χ2v) is 3.66. The summed E-state index contributed by atoms with van der Waals surface area (Å²) in [5.74, 6) is -0.512. The van der Waals surface area contributed by atoms with Crippen molar-refractivity contribution in [2.24, 2.45) is 4.99 Å². The Morgan fingerprint density at radius 1 is 1.62 bits per heavy atom. The van der Waals surface area contributed by atoms with Gasteiger partial charge in [-0.05, 0) is 0 Å². The first-order valence-electron chi connectivity index (χ1n) is 3.67. The monoisotopic (exact) mass is 202 g/mol. The molecule has 1 aliphatic heterocycles. The SMILES string of the molecule is COC(=O)C1C=NC(NC(C)=O)S1. The van der Waals surface area contributed by atoms with Crippen molar-refractivity contribution in [2.75, 3.05) is 7.11 Å². The van der Waals surface area contributed by atoms with E-state index in [0.717, 1.165) is 0 Å². The summed E-state index contributed by atoms with van der Waals surface area (Å²) >= 11 is 1.24. The zero-order valence-electron chi connectivity index (χ0n) is 7.31. The highest BCUT2D eigenvalue weighted by molar-refractivity contribution is 8.02. The largest absolute Gasteiger partial charge is 0.468 e. The van der Waals surface area contributed by atoms with E-state index in [1.54, 1.807) is 0 Å². The van der Waals surface area contributed by atoms with E-state index >= 15 is 0 Å². The molecule has 0 saturated heterocycles. The fourth-order valence-electron chi connectivity index (χ4n) is 0.843. The number of rotatable bonds is 2. The molecule has 0 radical (unpaired) electrons. The number of carbonyl (C=O) groups is 2. The van der Waals surface area contributed by atoms with Gasteiger partial charge in [0.25, 0.3) is 0 Å². The third-order valence-corrected chi connectivity index (χ3v) is 2.50. The maximum absolute atomic E-state index is 11.0. The molecule has 0 aromatic heterocycles. The molecule has 0 fully saturated rings. The van der Waals surface area contributed by atoms with Crippen molar-refractivity contribution in [3.8, 4) is 0 Å². The molecule has 5 nitrogen and oxygen atoms in total. The zero-order valence-corrected chi connectivity index (χ0v) is 8.13. The number of esters is 1. The van der Waals surface area contributed by atoms with Crippen LogP contribution in [-0.2, 0) is 14.3 Å². The molecule has 72 valence electrons. The summed E-state index contributed by atoms with van der Waals surface area (Å²) < 4.78 is 4.52. The van der Waals surface area contributed by atoms with Crippen molar-refractivity contribution in [3.05, 3.63) is 0 Å². The van der Waals surface area contributed by atoms with E-state index in [0.29, 0.717) is 0 Å². The van der Waals surface area contributed by atoms with Gasteiger partial charge in [0.15, 0.2) is 5.50 Å². The molecule has 1 N–H and O–H groups in total. The van der Waals surface area contributed by atoms with E-state index in [1.165, 1.54) is 32.0 Å². The van der Waals surface area contributed by atoms with E-state index in [9.17, 15) is 9.59 Å². The van der Waals surface area contributed by atoms with Crippen molar-refractivity contribution in [2.45, 2.75) is 17.7 Å². The van der Waals surface area contributed by atoms with Gasteiger partial charge in [-0.2, -0.15) is 0 Å². The molecule has 1 amide bonds. The second-order valence-electron chi connectivity index (χ2n) is 2.43. The Labute approximate surface area is 79.9 Å². The fraction of sp³-hybridized carbons (Fsp3) is 0.571. The minimum absolute atomic E-state index is 0.167. The number of nitrogens with one attached hydrogen (secondary N) is 1. The Morgan fingerprint density at radius 3 is 2.85 bits per heavy atom. The summed E-state index contributed by atoms with van der Waals surface area (Å²) in [7, 11) is 1.32. The van der Waals surface area contributed by atoms with Gasteiger partial charge in [-0.3, -0.25) is 14.6 Å². The van der Waals surface area contributed by atoms with Gasteiger partial charge >= 0.3 is 5.97 Å². The minimum Gasteiger partial charge on any atom is -0.468 e. The quantitative estimate of drug-likeness (QED) is 0.628. The topological polar surface area (TPSA) is 67.8 Å². The predicted octanol–water partition coefficient (Wildman–Crippen LogP) is -0.235. The second kappa shape index (κ2) is 4.27. The van der Waals surface area contributed by atoms with Crippen LogP contribution >= 0.6 is 11.8 Å². The van der Waals surface area contributed by atoms with Crippen LogP contribution in [0.5, 0.6) is 0 Å². The number of thioether (sulfide) groups is 1. The van der Waals surface area contributed by atoms with Crippen LogP contribution in [0.25, 0.3) is 0 Å². The molecule has 0 aromatic rings. The van der Waals surface area contributed by atoms with E-state index in [-0.39, 0.29) is 17.4 Å². The van der Waals surface area contributed by atoms with Crippen LogP contribution in [0, 0.1) is 0 Å². The van der Waals surface area contributed by atoms with Gasteiger partial charge in [0.2, 0.25) is 5.91 Å². The Bertz CT molecular complexity index is 254. The Kier molecular flexibility index (Phi) is 3.30. The summed E-state index contributed by atoms with van der Waals surface area (Å²) in [6.45, 7) is 1.40. The van der Waals surface area contributed by atoms with E-state index in [1.807, 2.05) is 0 Å². The van der Waals surface area contributed by atoms with Crippen molar-refractivity contribution in [1.29, 1.82) is 0 Å². The molecule has 0 spiro atoms. The average molecular weight is 202 g/mol. The lowest BCUT2D eigenvalue weighted by atomic mass is 10.5. The zero-order chi connectivity index (χ0) is 9.84. The third kappa shape index (κ3) is 2.73. The van der Waals surface area contributed by atoms with Crippen LogP contribution in [0.2, 0.25) is 0 Å². The number of carbonyl (C=O) groups excluding carboxylic acids is 2. The number of hydrogen-bond donors (Lipinski definition) is 1. The number of amides is 1. The molecule has 6 heteroatoms. The van der Waals surface area contributed by atoms with Crippen LogP contribution in [-0.4, -0.2) is 35.9 Å². The van der Waals surface area contributed by atoms with E-state index in [2.05, 4.69) is 15.0 Å². The normalized spacial score (nSPS) is 25.7. The molecule has 0 aromatic carbocycles. The molecule has 1 rings (SSSR count). The van der Waals surface area contributed by atoms with E-state index < -0.39 is 5.25 Å². The lowest BCUT2D eigenvalue weighted by Gasteiger charge is -2.08. The van der Waals surface area contributed by atoms with Gasteiger partial charge in [-0.15, -0.1) is 0 Å².